The molecular formula is C27H27N5O2. The first-order chi connectivity index (χ1) is 16.7. The SMILES string of the molecule is Cc1noc(C2CCN(C(=O)C=Cc3cn(Cc4ccccc4)nc3-c3ccccc3)CC2)n1. The molecule has 2 aromatic carbocycles. The molecule has 34 heavy (non-hydrogen) atoms. The van der Waals surface area contributed by atoms with Crippen LogP contribution in [0.15, 0.2) is 77.5 Å². The van der Waals surface area contributed by atoms with Crippen LogP contribution in [0.4, 0.5) is 0 Å². The number of carbonyl (C=O) groups excluding carboxylic acids is 1. The van der Waals surface area contributed by atoms with Crippen molar-refractivity contribution in [1.29, 1.82) is 0 Å². The van der Waals surface area contributed by atoms with Gasteiger partial charge in [-0.25, -0.2) is 0 Å². The lowest BCUT2D eigenvalue weighted by Crippen LogP contribution is -2.36. The zero-order chi connectivity index (χ0) is 23.3. The third-order valence-electron chi connectivity index (χ3n) is 6.13. The van der Waals surface area contributed by atoms with Gasteiger partial charge in [-0.1, -0.05) is 65.8 Å². The number of hydrogen-bond donors (Lipinski definition) is 0. The number of benzene rings is 2. The highest BCUT2D eigenvalue weighted by molar-refractivity contribution is 5.93. The highest BCUT2D eigenvalue weighted by Crippen LogP contribution is 2.27. The lowest BCUT2D eigenvalue weighted by Gasteiger charge is -2.29. The fourth-order valence-corrected chi connectivity index (χ4v) is 4.32. The summed E-state index contributed by atoms with van der Waals surface area (Å²) in [4.78, 5) is 19.2. The fraction of sp³-hybridized carbons (Fsp3) is 0.259. The Hall–Kier alpha value is -4.00. The van der Waals surface area contributed by atoms with Gasteiger partial charge in [0, 0.05) is 42.4 Å². The summed E-state index contributed by atoms with van der Waals surface area (Å²) in [6, 6.07) is 20.3. The second-order valence-corrected chi connectivity index (χ2v) is 8.59. The monoisotopic (exact) mass is 453 g/mol. The van der Waals surface area contributed by atoms with Crippen molar-refractivity contribution in [2.75, 3.05) is 13.1 Å². The van der Waals surface area contributed by atoms with E-state index in [1.54, 1.807) is 6.08 Å². The van der Waals surface area contributed by atoms with Gasteiger partial charge in [-0.2, -0.15) is 10.1 Å². The normalized spacial score (nSPS) is 14.7. The smallest absolute Gasteiger partial charge is 0.246 e. The number of carbonyl (C=O) groups is 1. The zero-order valence-electron chi connectivity index (χ0n) is 19.2. The number of aryl methyl sites for hydroxylation is 1. The average Bonchev–Trinajstić information content (AvgIpc) is 3.50. The van der Waals surface area contributed by atoms with Crippen LogP contribution in [0.1, 0.15) is 41.6 Å². The first kappa shape index (κ1) is 21.8. The lowest BCUT2D eigenvalue weighted by molar-refractivity contribution is -0.127. The van der Waals surface area contributed by atoms with E-state index in [1.807, 2.05) is 77.3 Å². The van der Waals surface area contributed by atoms with Crippen LogP contribution in [0.3, 0.4) is 0 Å². The Morgan fingerprint density at radius 1 is 1.06 bits per heavy atom. The Morgan fingerprint density at radius 3 is 2.44 bits per heavy atom. The highest BCUT2D eigenvalue weighted by Gasteiger charge is 2.26. The minimum atomic E-state index is 0.00924. The number of likely N-dealkylation sites (tertiary alicyclic amines) is 1. The zero-order valence-corrected chi connectivity index (χ0v) is 19.2. The molecule has 0 atom stereocenters. The van der Waals surface area contributed by atoms with Crippen molar-refractivity contribution in [1.82, 2.24) is 24.8 Å². The Morgan fingerprint density at radius 2 is 1.76 bits per heavy atom. The molecule has 172 valence electrons. The van der Waals surface area contributed by atoms with Crippen molar-refractivity contribution in [3.63, 3.8) is 0 Å². The van der Waals surface area contributed by atoms with E-state index in [0.29, 0.717) is 31.3 Å². The maximum absolute atomic E-state index is 12.9. The van der Waals surface area contributed by atoms with E-state index < -0.39 is 0 Å². The maximum atomic E-state index is 12.9. The summed E-state index contributed by atoms with van der Waals surface area (Å²) >= 11 is 0. The lowest BCUT2D eigenvalue weighted by atomic mass is 9.96. The molecule has 1 saturated heterocycles. The van der Waals surface area contributed by atoms with Gasteiger partial charge in [0.1, 0.15) is 0 Å². The predicted octanol–water partition coefficient (Wildman–Crippen LogP) is 4.71. The molecule has 2 aromatic heterocycles. The third kappa shape index (κ3) is 4.98. The van der Waals surface area contributed by atoms with Gasteiger partial charge in [-0.15, -0.1) is 0 Å². The van der Waals surface area contributed by atoms with Crippen molar-refractivity contribution >= 4 is 12.0 Å². The molecule has 0 aliphatic carbocycles. The van der Waals surface area contributed by atoms with Crippen LogP contribution in [0.2, 0.25) is 0 Å². The fourth-order valence-electron chi connectivity index (χ4n) is 4.32. The quantitative estimate of drug-likeness (QED) is 0.395. The van der Waals surface area contributed by atoms with Gasteiger partial charge in [0.05, 0.1) is 12.2 Å². The van der Waals surface area contributed by atoms with Gasteiger partial charge < -0.3 is 9.42 Å². The summed E-state index contributed by atoms with van der Waals surface area (Å²) in [6.07, 6.45) is 7.19. The van der Waals surface area contributed by atoms with Gasteiger partial charge >= 0.3 is 0 Å². The molecule has 1 amide bonds. The van der Waals surface area contributed by atoms with Crippen molar-refractivity contribution in [2.45, 2.75) is 32.2 Å². The average molecular weight is 454 g/mol. The number of amides is 1. The molecule has 3 heterocycles. The summed E-state index contributed by atoms with van der Waals surface area (Å²) in [6.45, 7) is 3.84. The van der Waals surface area contributed by atoms with Crippen molar-refractivity contribution in [3.05, 3.63) is 95.8 Å². The first-order valence-electron chi connectivity index (χ1n) is 11.6. The molecule has 0 spiro atoms. The Labute approximate surface area is 198 Å². The minimum absolute atomic E-state index is 0.00924. The van der Waals surface area contributed by atoms with Gasteiger partial charge in [0.25, 0.3) is 0 Å². The number of aromatic nitrogens is 4. The molecule has 0 bridgehead atoms. The molecule has 4 aromatic rings. The van der Waals surface area contributed by atoms with E-state index in [4.69, 9.17) is 9.62 Å². The summed E-state index contributed by atoms with van der Waals surface area (Å²) in [5.41, 5.74) is 3.99. The highest BCUT2D eigenvalue weighted by atomic mass is 16.5. The molecule has 0 radical (unpaired) electrons. The summed E-state index contributed by atoms with van der Waals surface area (Å²) in [7, 11) is 0. The molecule has 0 unspecified atom stereocenters. The van der Waals surface area contributed by atoms with Gasteiger partial charge in [0.15, 0.2) is 5.82 Å². The first-order valence-corrected chi connectivity index (χ1v) is 11.6. The van der Waals surface area contributed by atoms with E-state index in [1.165, 1.54) is 5.56 Å². The maximum Gasteiger partial charge on any atom is 0.246 e. The molecule has 7 heteroatoms. The second kappa shape index (κ2) is 9.87. The molecule has 1 aliphatic heterocycles. The van der Waals surface area contributed by atoms with Crippen molar-refractivity contribution < 1.29 is 9.32 Å². The number of piperidine rings is 1. The van der Waals surface area contributed by atoms with Crippen LogP contribution in [0.5, 0.6) is 0 Å². The Kier molecular flexibility index (Phi) is 6.33. The predicted molar refractivity (Wildman–Crippen MR) is 130 cm³/mol. The molecular weight excluding hydrogens is 426 g/mol. The van der Waals surface area contributed by atoms with Crippen LogP contribution in [-0.2, 0) is 11.3 Å². The minimum Gasteiger partial charge on any atom is -0.339 e. The molecule has 0 N–H and O–H groups in total. The van der Waals surface area contributed by atoms with E-state index in [2.05, 4.69) is 22.3 Å². The summed E-state index contributed by atoms with van der Waals surface area (Å²) in [5.74, 6) is 1.56. The van der Waals surface area contributed by atoms with Crippen LogP contribution < -0.4 is 0 Å². The molecule has 7 nitrogen and oxygen atoms in total. The largest absolute Gasteiger partial charge is 0.339 e. The molecule has 5 rings (SSSR count). The van der Waals surface area contributed by atoms with Gasteiger partial charge in [-0.3, -0.25) is 9.48 Å². The number of nitrogens with zero attached hydrogens (tertiary/aromatic N) is 5. The topological polar surface area (TPSA) is 77.0 Å². The Balaban J connectivity index is 1.30. The van der Waals surface area contributed by atoms with E-state index >= 15 is 0 Å². The molecule has 1 aliphatic rings. The van der Waals surface area contributed by atoms with Crippen molar-refractivity contribution in [3.8, 4) is 11.3 Å². The van der Waals surface area contributed by atoms with Crippen LogP contribution in [-0.4, -0.2) is 43.8 Å². The molecule has 1 fully saturated rings. The van der Waals surface area contributed by atoms with Crippen LogP contribution in [0, 0.1) is 6.92 Å². The molecule has 0 saturated carbocycles. The standard InChI is InChI=1S/C27H27N5O2/c1-20-28-27(34-30-20)23-14-16-31(17-15-23)25(33)13-12-24-19-32(18-21-8-4-2-5-9-21)29-26(24)22-10-6-3-7-11-22/h2-13,19,23H,14-18H2,1H3. The summed E-state index contributed by atoms with van der Waals surface area (Å²) < 4.78 is 7.25. The third-order valence-corrected chi connectivity index (χ3v) is 6.13. The van der Waals surface area contributed by atoms with E-state index in [0.717, 1.165) is 29.7 Å². The van der Waals surface area contributed by atoms with Gasteiger partial charge in [0.2, 0.25) is 11.8 Å². The Bertz CT molecular complexity index is 1270. The summed E-state index contributed by atoms with van der Waals surface area (Å²) in [5, 5.41) is 8.71. The van der Waals surface area contributed by atoms with Gasteiger partial charge in [-0.05, 0) is 31.4 Å². The van der Waals surface area contributed by atoms with Crippen LogP contribution in [0.25, 0.3) is 17.3 Å². The van der Waals surface area contributed by atoms with Crippen LogP contribution >= 0.6 is 0 Å². The number of rotatable bonds is 6. The van der Waals surface area contributed by atoms with E-state index in [-0.39, 0.29) is 11.8 Å². The van der Waals surface area contributed by atoms with Crippen molar-refractivity contribution in [2.24, 2.45) is 0 Å². The second-order valence-electron chi connectivity index (χ2n) is 8.59. The number of hydrogen-bond acceptors (Lipinski definition) is 5. The van der Waals surface area contributed by atoms with E-state index in [9.17, 15) is 4.79 Å².